The molecule has 1 N–H and O–H groups in total. The van der Waals surface area contributed by atoms with Gasteiger partial charge < -0.3 is 10.1 Å². The van der Waals surface area contributed by atoms with Crippen LogP contribution in [-0.4, -0.2) is 19.1 Å². The van der Waals surface area contributed by atoms with Crippen molar-refractivity contribution in [3.63, 3.8) is 0 Å². The molecule has 0 spiro atoms. The maximum atomic E-state index is 13.1. The molecule has 88 valence electrons. The highest BCUT2D eigenvalue weighted by atomic mass is 19.1. The number of esters is 1. The third-order valence-corrected chi connectivity index (χ3v) is 1.72. The van der Waals surface area contributed by atoms with Crippen molar-refractivity contribution in [2.75, 3.05) is 18.5 Å². The van der Waals surface area contributed by atoms with Crippen LogP contribution in [0.25, 0.3) is 0 Å². The Hall–Kier alpha value is -1.72. The van der Waals surface area contributed by atoms with Gasteiger partial charge in [0.1, 0.15) is 18.0 Å². The van der Waals surface area contributed by atoms with Gasteiger partial charge in [0.15, 0.2) is 11.6 Å². The summed E-state index contributed by atoms with van der Waals surface area (Å²) in [6, 6.07) is 1.05. The van der Waals surface area contributed by atoms with Crippen molar-refractivity contribution in [2.24, 2.45) is 0 Å². The summed E-state index contributed by atoms with van der Waals surface area (Å²) < 4.78 is 43.2. The van der Waals surface area contributed by atoms with E-state index in [0.29, 0.717) is 12.1 Å². The normalized spacial score (nSPS) is 10.0. The first kappa shape index (κ1) is 12.4. The highest BCUT2D eigenvalue weighted by Gasteiger charge is 2.12. The van der Waals surface area contributed by atoms with E-state index in [1.165, 1.54) is 0 Å². The second kappa shape index (κ2) is 5.39. The maximum absolute atomic E-state index is 13.1. The number of carbonyl (C=O) groups excluding carboxylic acids is 1. The smallest absolute Gasteiger partial charge is 0.325 e. The molecule has 0 amide bonds. The standard InChI is InChI=1S/C10H10F3NO2/c1-2-16-9(15)5-14-10-7(12)3-6(11)4-8(10)13/h3-4,14H,2,5H2,1H3. The van der Waals surface area contributed by atoms with Gasteiger partial charge in [-0.25, -0.2) is 13.2 Å². The van der Waals surface area contributed by atoms with E-state index in [4.69, 9.17) is 0 Å². The Balaban J connectivity index is 2.70. The van der Waals surface area contributed by atoms with Crippen LogP contribution in [0.2, 0.25) is 0 Å². The average molecular weight is 233 g/mol. The molecule has 0 saturated carbocycles. The zero-order valence-electron chi connectivity index (χ0n) is 8.52. The first-order valence-electron chi connectivity index (χ1n) is 4.58. The molecule has 0 fully saturated rings. The summed E-state index contributed by atoms with van der Waals surface area (Å²) in [5.74, 6) is -3.86. The summed E-state index contributed by atoms with van der Waals surface area (Å²) in [5.41, 5.74) is -0.547. The summed E-state index contributed by atoms with van der Waals surface area (Å²) >= 11 is 0. The summed E-state index contributed by atoms with van der Waals surface area (Å²) in [7, 11) is 0. The zero-order chi connectivity index (χ0) is 12.1. The number of anilines is 1. The number of nitrogens with one attached hydrogen (secondary N) is 1. The van der Waals surface area contributed by atoms with Crippen LogP contribution < -0.4 is 5.32 Å². The average Bonchev–Trinajstić information content (AvgIpc) is 2.16. The first-order valence-corrected chi connectivity index (χ1v) is 4.58. The Kier molecular flexibility index (Phi) is 4.16. The molecule has 0 heterocycles. The minimum atomic E-state index is -1.10. The minimum Gasteiger partial charge on any atom is -0.465 e. The fraction of sp³-hybridized carbons (Fsp3) is 0.300. The largest absolute Gasteiger partial charge is 0.465 e. The molecule has 1 aromatic rings. The highest BCUT2D eigenvalue weighted by molar-refractivity contribution is 5.75. The molecule has 0 bridgehead atoms. The van der Waals surface area contributed by atoms with Gasteiger partial charge in [0, 0.05) is 12.1 Å². The van der Waals surface area contributed by atoms with Crippen molar-refractivity contribution in [3.05, 3.63) is 29.6 Å². The van der Waals surface area contributed by atoms with Crippen LogP contribution in [-0.2, 0) is 9.53 Å². The van der Waals surface area contributed by atoms with E-state index in [1.54, 1.807) is 6.92 Å². The summed E-state index contributed by atoms with van der Waals surface area (Å²) in [5, 5.41) is 2.20. The van der Waals surface area contributed by atoms with Crippen LogP contribution in [0.15, 0.2) is 12.1 Å². The SMILES string of the molecule is CCOC(=O)CNc1c(F)cc(F)cc1F. The highest BCUT2D eigenvalue weighted by Crippen LogP contribution is 2.19. The van der Waals surface area contributed by atoms with Gasteiger partial charge in [0.05, 0.1) is 6.61 Å². The molecule has 0 unspecified atom stereocenters. The molecular formula is C10H10F3NO2. The molecule has 6 heteroatoms. The van der Waals surface area contributed by atoms with Crippen molar-refractivity contribution in [3.8, 4) is 0 Å². The lowest BCUT2D eigenvalue weighted by molar-refractivity contribution is -0.140. The van der Waals surface area contributed by atoms with Crippen LogP contribution in [0.4, 0.5) is 18.9 Å². The predicted octanol–water partition coefficient (Wildman–Crippen LogP) is 2.08. The summed E-state index contributed by atoms with van der Waals surface area (Å²) in [4.78, 5) is 10.9. The molecule has 0 aromatic heterocycles. The van der Waals surface area contributed by atoms with E-state index in [1.807, 2.05) is 0 Å². The van der Waals surface area contributed by atoms with Gasteiger partial charge in [0.25, 0.3) is 0 Å². The van der Waals surface area contributed by atoms with Crippen molar-refractivity contribution >= 4 is 11.7 Å². The number of hydrogen-bond acceptors (Lipinski definition) is 3. The number of hydrogen-bond donors (Lipinski definition) is 1. The van der Waals surface area contributed by atoms with Crippen LogP contribution in [0.3, 0.4) is 0 Å². The Morgan fingerprint density at radius 1 is 1.31 bits per heavy atom. The predicted molar refractivity (Wildman–Crippen MR) is 51.4 cm³/mol. The first-order chi connectivity index (χ1) is 7.54. The molecule has 3 nitrogen and oxygen atoms in total. The maximum Gasteiger partial charge on any atom is 0.325 e. The molecule has 0 aliphatic heterocycles. The molecular weight excluding hydrogens is 223 g/mol. The lowest BCUT2D eigenvalue weighted by Gasteiger charge is -2.08. The van der Waals surface area contributed by atoms with Gasteiger partial charge in [-0.15, -0.1) is 0 Å². The van der Waals surface area contributed by atoms with E-state index in [2.05, 4.69) is 10.1 Å². The number of rotatable bonds is 4. The van der Waals surface area contributed by atoms with E-state index >= 15 is 0 Å². The van der Waals surface area contributed by atoms with E-state index in [9.17, 15) is 18.0 Å². The molecule has 0 aliphatic rings. The Labute approximate surface area is 90.2 Å². The molecule has 0 aliphatic carbocycles. The fourth-order valence-corrected chi connectivity index (χ4v) is 1.08. The molecule has 1 aromatic carbocycles. The van der Waals surface area contributed by atoms with Gasteiger partial charge in [0.2, 0.25) is 0 Å². The van der Waals surface area contributed by atoms with Crippen molar-refractivity contribution in [1.82, 2.24) is 0 Å². The van der Waals surface area contributed by atoms with Crippen LogP contribution in [0.1, 0.15) is 6.92 Å². The van der Waals surface area contributed by atoms with E-state index < -0.39 is 29.1 Å². The Morgan fingerprint density at radius 2 is 1.88 bits per heavy atom. The molecule has 16 heavy (non-hydrogen) atoms. The molecule has 0 atom stereocenters. The monoisotopic (exact) mass is 233 g/mol. The van der Waals surface area contributed by atoms with Crippen LogP contribution >= 0.6 is 0 Å². The summed E-state index contributed by atoms with van der Waals surface area (Å²) in [6.07, 6.45) is 0. The van der Waals surface area contributed by atoms with E-state index in [-0.39, 0.29) is 13.2 Å². The number of ether oxygens (including phenoxy) is 1. The topological polar surface area (TPSA) is 38.3 Å². The van der Waals surface area contributed by atoms with Crippen molar-refractivity contribution in [1.29, 1.82) is 0 Å². The van der Waals surface area contributed by atoms with Gasteiger partial charge in [-0.3, -0.25) is 4.79 Å². The molecule has 0 saturated heterocycles. The Morgan fingerprint density at radius 3 is 2.38 bits per heavy atom. The van der Waals surface area contributed by atoms with Crippen molar-refractivity contribution < 1.29 is 22.7 Å². The Bertz CT molecular complexity index is 373. The second-order valence-corrected chi connectivity index (χ2v) is 2.90. The van der Waals surface area contributed by atoms with Gasteiger partial charge in [-0.05, 0) is 6.92 Å². The van der Waals surface area contributed by atoms with Gasteiger partial charge in [-0.2, -0.15) is 0 Å². The third kappa shape index (κ3) is 3.15. The second-order valence-electron chi connectivity index (χ2n) is 2.90. The van der Waals surface area contributed by atoms with Gasteiger partial charge in [-0.1, -0.05) is 0 Å². The van der Waals surface area contributed by atoms with Crippen molar-refractivity contribution in [2.45, 2.75) is 6.92 Å². The number of halogens is 3. The third-order valence-electron chi connectivity index (χ3n) is 1.72. The number of carbonyl (C=O) groups is 1. The van der Waals surface area contributed by atoms with E-state index in [0.717, 1.165) is 0 Å². The van der Waals surface area contributed by atoms with Crippen LogP contribution in [0.5, 0.6) is 0 Å². The molecule has 0 radical (unpaired) electrons. The zero-order valence-corrected chi connectivity index (χ0v) is 8.52. The van der Waals surface area contributed by atoms with Gasteiger partial charge >= 0.3 is 5.97 Å². The quantitative estimate of drug-likeness (QED) is 0.809. The lowest BCUT2D eigenvalue weighted by atomic mass is 10.3. The minimum absolute atomic E-state index is 0.175. The van der Waals surface area contributed by atoms with Crippen LogP contribution in [0, 0.1) is 17.5 Å². The fourth-order valence-electron chi connectivity index (χ4n) is 1.08. The lowest BCUT2D eigenvalue weighted by Crippen LogP contribution is -2.18. The summed E-state index contributed by atoms with van der Waals surface area (Å²) in [6.45, 7) is 1.40. The number of benzene rings is 1. The molecule has 1 rings (SSSR count).